The van der Waals surface area contributed by atoms with Gasteiger partial charge in [-0.2, -0.15) is 5.10 Å². The fourth-order valence-electron chi connectivity index (χ4n) is 2.03. The molecule has 3 rings (SSSR count). The summed E-state index contributed by atoms with van der Waals surface area (Å²) in [7, 11) is 0. The number of hydrogen-bond donors (Lipinski definition) is 1. The van der Waals surface area contributed by atoms with Gasteiger partial charge in [-0.25, -0.2) is 9.36 Å². The second-order valence-corrected chi connectivity index (χ2v) is 5.64. The summed E-state index contributed by atoms with van der Waals surface area (Å²) in [4.78, 5) is 0. The lowest BCUT2D eigenvalue weighted by molar-refractivity contribution is 0.533. The molecule has 0 spiro atoms. The number of rotatable bonds is 4. The number of benzene rings is 1. The highest BCUT2D eigenvalue weighted by Gasteiger charge is 2.18. The molecule has 2 aromatic heterocycles. The molecule has 0 aliphatic rings. The summed E-state index contributed by atoms with van der Waals surface area (Å²) in [6, 6.07) is 10.1. The maximum absolute atomic E-state index is 6.01. The summed E-state index contributed by atoms with van der Waals surface area (Å²) >= 11 is 0. The van der Waals surface area contributed by atoms with E-state index in [0.29, 0.717) is 6.54 Å². The Bertz CT molecular complexity index is 703. The summed E-state index contributed by atoms with van der Waals surface area (Å²) in [6.45, 7) is 4.50. The first-order valence-electron chi connectivity index (χ1n) is 6.81. The molecule has 108 valence electrons. The molecule has 1 aromatic carbocycles. The molecule has 0 bridgehead atoms. The average Bonchev–Trinajstić information content (AvgIpc) is 3.09. The molecule has 0 aliphatic heterocycles. The Morgan fingerprint density at radius 1 is 1.19 bits per heavy atom. The first kappa shape index (κ1) is 13.5. The molecule has 0 unspecified atom stereocenters. The largest absolute Gasteiger partial charge is 0.320 e. The van der Waals surface area contributed by atoms with Crippen molar-refractivity contribution in [2.75, 3.05) is 0 Å². The first-order chi connectivity index (χ1) is 10.0. The van der Waals surface area contributed by atoms with E-state index in [1.165, 1.54) is 0 Å². The smallest absolute Gasteiger partial charge is 0.102 e. The second kappa shape index (κ2) is 5.14. The van der Waals surface area contributed by atoms with Crippen molar-refractivity contribution in [3.8, 4) is 5.69 Å². The van der Waals surface area contributed by atoms with Gasteiger partial charge in [-0.15, -0.1) is 5.10 Å². The van der Waals surface area contributed by atoms with E-state index in [4.69, 9.17) is 5.73 Å². The van der Waals surface area contributed by atoms with Crippen LogP contribution in [0.2, 0.25) is 0 Å². The van der Waals surface area contributed by atoms with Gasteiger partial charge in [0.05, 0.1) is 24.0 Å². The van der Waals surface area contributed by atoms with Crippen LogP contribution in [0.3, 0.4) is 0 Å². The molecule has 0 atom stereocenters. The Morgan fingerprint density at radius 2 is 1.95 bits per heavy atom. The van der Waals surface area contributed by atoms with E-state index >= 15 is 0 Å². The van der Waals surface area contributed by atoms with Crippen LogP contribution >= 0.6 is 0 Å². The average molecular weight is 282 g/mol. The van der Waals surface area contributed by atoms with Crippen molar-refractivity contribution in [1.82, 2.24) is 24.8 Å². The number of nitrogens with zero attached hydrogens (tertiary/aromatic N) is 5. The molecule has 6 heteroatoms. The van der Waals surface area contributed by atoms with Crippen LogP contribution in [-0.2, 0) is 12.1 Å². The third-order valence-electron chi connectivity index (χ3n) is 3.25. The minimum Gasteiger partial charge on any atom is -0.320 e. The van der Waals surface area contributed by atoms with Gasteiger partial charge in [-0.3, -0.25) is 0 Å². The van der Waals surface area contributed by atoms with E-state index in [2.05, 4.69) is 27.5 Å². The van der Waals surface area contributed by atoms with Crippen molar-refractivity contribution in [3.63, 3.8) is 0 Å². The fraction of sp³-hybridized carbons (Fsp3) is 0.267. The lowest BCUT2D eigenvalue weighted by Gasteiger charge is -2.13. The zero-order chi connectivity index (χ0) is 14.9. The summed E-state index contributed by atoms with van der Waals surface area (Å²) in [6.07, 6.45) is 5.57. The van der Waals surface area contributed by atoms with Crippen molar-refractivity contribution in [2.45, 2.75) is 25.9 Å². The van der Waals surface area contributed by atoms with Gasteiger partial charge in [-0.1, -0.05) is 17.3 Å². The topological polar surface area (TPSA) is 74.5 Å². The standard InChI is InChI=1S/C15H18N6/c1-15(2,16)14-11-20(19-18-14)10-12-4-6-13(7-5-12)21-9-3-8-17-21/h3-9,11H,10,16H2,1-2H3. The normalized spacial score (nSPS) is 11.8. The molecule has 0 amide bonds. The van der Waals surface area contributed by atoms with Gasteiger partial charge in [0.25, 0.3) is 0 Å². The molecule has 0 radical (unpaired) electrons. The molecule has 6 nitrogen and oxygen atoms in total. The molecular formula is C15H18N6. The molecule has 2 N–H and O–H groups in total. The Labute approximate surface area is 123 Å². The zero-order valence-electron chi connectivity index (χ0n) is 12.1. The number of hydrogen-bond acceptors (Lipinski definition) is 4. The van der Waals surface area contributed by atoms with Gasteiger partial charge in [-0.05, 0) is 37.6 Å². The van der Waals surface area contributed by atoms with Crippen LogP contribution in [0, 0.1) is 0 Å². The second-order valence-electron chi connectivity index (χ2n) is 5.64. The summed E-state index contributed by atoms with van der Waals surface area (Å²) in [5.74, 6) is 0. The molecule has 2 heterocycles. The Hall–Kier alpha value is -2.47. The predicted octanol–water partition coefficient (Wildman–Crippen LogP) is 1.71. The monoisotopic (exact) mass is 282 g/mol. The van der Waals surface area contributed by atoms with E-state index in [1.54, 1.807) is 10.9 Å². The van der Waals surface area contributed by atoms with Crippen LogP contribution < -0.4 is 5.73 Å². The van der Waals surface area contributed by atoms with E-state index in [1.807, 2.05) is 49.1 Å². The van der Waals surface area contributed by atoms with Gasteiger partial charge >= 0.3 is 0 Å². The zero-order valence-corrected chi connectivity index (χ0v) is 12.1. The van der Waals surface area contributed by atoms with Crippen molar-refractivity contribution < 1.29 is 0 Å². The Morgan fingerprint density at radius 3 is 2.52 bits per heavy atom. The van der Waals surface area contributed by atoms with E-state index < -0.39 is 5.54 Å². The van der Waals surface area contributed by atoms with Gasteiger partial charge in [0.15, 0.2) is 0 Å². The minimum absolute atomic E-state index is 0.470. The van der Waals surface area contributed by atoms with E-state index in [-0.39, 0.29) is 0 Å². The fourth-order valence-corrected chi connectivity index (χ4v) is 2.03. The summed E-state index contributed by atoms with van der Waals surface area (Å²) in [5, 5.41) is 12.4. The maximum Gasteiger partial charge on any atom is 0.102 e. The van der Waals surface area contributed by atoms with Crippen LogP contribution in [0.5, 0.6) is 0 Å². The number of nitrogens with two attached hydrogens (primary N) is 1. The summed E-state index contributed by atoms with van der Waals surface area (Å²) < 4.78 is 3.63. The van der Waals surface area contributed by atoms with Gasteiger partial charge in [0.1, 0.15) is 5.69 Å². The molecule has 0 aliphatic carbocycles. The van der Waals surface area contributed by atoms with Crippen LogP contribution in [-0.4, -0.2) is 24.8 Å². The Kier molecular flexibility index (Phi) is 3.31. The van der Waals surface area contributed by atoms with E-state index in [0.717, 1.165) is 16.9 Å². The molecule has 21 heavy (non-hydrogen) atoms. The SMILES string of the molecule is CC(C)(N)c1cn(Cc2ccc(-n3cccn3)cc2)nn1. The lowest BCUT2D eigenvalue weighted by Crippen LogP contribution is -2.29. The highest BCUT2D eigenvalue weighted by Crippen LogP contribution is 2.14. The maximum atomic E-state index is 6.01. The lowest BCUT2D eigenvalue weighted by atomic mass is 10.0. The van der Waals surface area contributed by atoms with Crippen LogP contribution in [0.15, 0.2) is 48.9 Å². The molecule has 0 saturated heterocycles. The molecule has 3 aromatic rings. The van der Waals surface area contributed by atoms with Crippen LogP contribution in [0.25, 0.3) is 5.69 Å². The van der Waals surface area contributed by atoms with Crippen molar-refractivity contribution in [2.24, 2.45) is 5.73 Å². The van der Waals surface area contributed by atoms with Gasteiger partial charge in [0.2, 0.25) is 0 Å². The predicted molar refractivity (Wildman–Crippen MR) is 79.9 cm³/mol. The van der Waals surface area contributed by atoms with Crippen molar-refractivity contribution >= 4 is 0 Å². The quantitative estimate of drug-likeness (QED) is 0.790. The molecular weight excluding hydrogens is 264 g/mol. The highest BCUT2D eigenvalue weighted by molar-refractivity contribution is 5.33. The third kappa shape index (κ3) is 3.00. The third-order valence-corrected chi connectivity index (χ3v) is 3.25. The summed E-state index contributed by atoms with van der Waals surface area (Å²) in [5.41, 5.74) is 8.51. The number of aromatic nitrogens is 5. The van der Waals surface area contributed by atoms with Gasteiger partial charge < -0.3 is 5.73 Å². The van der Waals surface area contributed by atoms with Crippen LogP contribution in [0.4, 0.5) is 0 Å². The van der Waals surface area contributed by atoms with Crippen molar-refractivity contribution in [1.29, 1.82) is 0 Å². The van der Waals surface area contributed by atoms with Gasteiger partial charge in [0, 0.05) is 12.4 Å². The van der Waals surface area contributed by atoms with Crippen molar-refractivity contribution in [3.05, 3.63) is 60.2 Å². The molecule has 0 fully saturated rings. The molecule has 0 saturated carbocycles. The minimum atomic E-state index is -0.470. The van der Waals surface area contributed by atoms with E-state index in [9.17, 15) is 0 Å². The first-order valence-corrected chi connectivity index (χ1v) is 6.81. The van der Waals surface area contributed by atoms with Crippen LogP contribution in [0.1, 0.15) is 25.1 Å². The Balaban J connectivity index is 1.75. The highest BCUT2D eigenvalue weighted by atomic mass is 15.4.